The average Bonchev–Trinajstić information content (AvgIpc) is 2.71. The fourth-order valence-electron chi connectivity index (χ4n) is 1.83. The van der Waals surface area contributed by atoms with Crippen LogP contribution in [0.2, 0.25) is 0 Å². The second-order valence-electron chi connectivity index (χ2n) is 4.01. The summed E-state index contributed by atoms with van der Waals surface area (Å²) < 4.78 is 0. The number of carbonyl (C=O) groups is 2. The van der Waals surface area contributed by atoms with Gasteiger partial charge in [0.1, 0.15) is 0 Å². The normalized spacial score (nSPS) is 14.3. The zero-order chi connectivity index (χ0) is 13.0. The molecule has 0 fully saturated rings. The van der Waals surface area contributed by atoms with Crippen LogP contribution in [0, 0.1) is 0 Å². The van der Waals surface area contributed by atoms with Gasteiger partial charge in [0.05, 0.1) is 5.69 Å². The van der Waals surface area contributed by atoms with E-state index < -0.39 is 0 Å². The molecule has 4 heteroatoms. The highest BCUT2D eigenvalue weighted by Gasteiger charge is 2.24. The quantitative estimate of drug-likeness (QED) is 0.581. The molecular weight excluding hydrogens is 230 g/mol. The van der Waals surface area contributed by atoms with Crippen LogP contribution in [0.1, 0.15) is 18.4 Å². The molecular formula is C14H12NO3. The summed E-state index contributed by atoms with van der Waals surface area (Å²) >= 11 is 0. The smallest absolute Gasteiger partial charge is 0.258 e. The molecule has 1 aliphatic rings. The predicted octanol–water partition coefficient (Wildman–Crippen LogP) is 1.55. The van der Waals surface area contributed by atoms with Crippen LogP contribution in [0.3, 0.4) is 0 Å². The maximum absolute atomic E-state index is 11.5. The molecule has 2 rings (SSSR count). The van der Waals surface area contributed by atoms with Crippen molar-refractivity contribution in [2.75, 3.05) is 4.90 Å². The third kappa shape index (κ3) is 2.53. The molecule has 18 heavy (non-hydrogen) atoms. The van der Waals surface area contributed by atoms with Gasteiger partial charge in [-0.15, -0.1) is 0 Å². The monoisotopic (exact) mass is 242 g/mol. The lowest BCUT2D eigenvalue weighted by atomic mass is 10.1. The first kappa shape index (κ1) is 12.2. The highest BCUT2D eigenvalue weighted by molar-refractivity contribution is 6.28. The van der Waals surface area contributed by atoms with Gasteiger partial charge in [-0.25, -0.2) is 4.90 Å². The average molecular weight is 242 g/mol. The first-order valence-corrected chi connectivity index (χ1v) is 5.72. The molecule has 0 atom stereocenters. The Hall–Kier alpha value is -2.23. The van der Waals surface area contributed by atoms with E-state index in [1.165, 1.54) is 12.2 Å². The van der Waals surface area contributed by atoms with Crippen LogP contribution in [0.5, 0.6) is 0 Å². The number of hydrogen-bond acceptors (Lipinski definition) is 3. The van der Waals surface area contributed by atoms with Gasteiger partial charge in [-0.05, 0) is 30.5 Å². The Morgan fingerprint density at radius 2 is 1.61 bits per heavy atom. The standard InChI is InChI=1S/C14H12NO3/c16-10-2-1-3-11-4-6-12(7-5-11)15-13(17)8-9-14(15)18/h4-9H,1-3H2. The van der Waals surface area contributed by atoms with Crippen molar-refractivity contribution in [2.45, 2.75) is 19.3 Å². The number of benzene rings is 1. The number of unbranched alkanes of at least 4 members (excludes halogenated alkanes) is 1. The van der Waals surface area contributed by atoms with Crippen LogP contribution in [0.4, 0.5) is 5.69 Å². The van der Waals surface area contributed by atoms with Crippen LogP contribution >= 0.6 is 0 Å². The Bertz CT molecular complexity index is 484. The van der Waals surface area contributed by atoms with Gasteiger partial charge in [-0.3, -0.25) is 14.4 Å². The zero-order valence-corrected chi connectivity index (χ0v) is 9.76. The minimum atomic E-state index is -0.316. The SMILES string of the molecule is O=[C]CCCc1ccc(N2C(=O)C=CC2=O)cc1. The molecule has 1 radical (unpaired) electrons. The summed E-state index contributed by atoms with van der Waals surface area (Å²) in [6, 6.07) is 7.20. The van der Waals surface area contributed by atoms with E-state index in [2.05, 4.69) is 0 Å². The first-order valence-electron chi connectivity index (χ1n) is 5.72. The van der Waals surface area contributed by atoms with Crippen LogP contribution < -0.4 is 4.90 Å². The summed E-state index contributed by atoms with van der Waals surface area (Å²) in [5.74, 6) is -0.633. The Balaban J connectivity index is 2.06. The lowest BCUT2D eigenvalue weighted by molar-refractivity contribution is -0.119. The second-order valence-corrected chi connectivity index (χ2v) is 4.01. The maximum Gasteiger partial charge on any atom is 0.258 e. The minimum absolute atomic E-state index is 0.316. The van der Waals surface area contributed by atoms with Gasteiger partial charge >= 0.3 is 0 Å². The van der Waals surface area contributed by atoms with Gasteiger partial charge in [0.15, 0.2) is 6.29 Å². The van der Waals surface area contributed by atoms with E-state index in [0.717, 1.165) is 23.3 Å². The summed E-state index contributed by atoms with van der Waals surface area (Å²) in [4.78, 5) is 34.1. The van der Waals surface area contributed by atoms with Crippen LogP contribution in [-0.4, -0.2) is 18.1 Å². The van der Waals surface area contributed by atoms with E-state index >= 15 is 0 Å². The lowest BCUT2D eigenvalue weighted by Crippen LogP contribution is -2.29. The predicted molar refractivity (Wildman–Crippen MR) is 66.7 cm³/mol. The Morgan fingerprint density at radius 1 is 1.00 bits per heavy atom. The highest BCUT2D eigenvalue weighted by atomic mass is 16.2. The molecule has 4 nitrogen and oxygen atoms in total. The molecule has 0 unspecified atom stereocenters. The second kappa shape index (κ2) is 5.40. The van der Waals surface area contributed by atoms with Crippen molar-refractivity contribution in [1.82, 2.24) is 0 Å². The Labute approximate surface area is 105 Å². The Morgan fingerprint density at radius 3 is 2.17 bits per heavy atom. The lowest BCUT2D eigenvalue weighted by Gasteiger charge is -2.14. The van der Waals surface area contributed by atoms with Crippen LogP contribution in [0.25, 0.3) is 0 Å². The van der Waals surface area contributed by atoms with Crippen molar-refractivity contribution < 1.29 is 14.4 Å². The summed E-state index contributed by atoms with van der Waals surface area (Å²) in [6.45, 7) is 0. The molecule has 0 aliphatic carbocycles. The summed E-state index contributed by atoms with van der Waals surface area (Å²) in [5.41, 5.74) is 1.64. The van der Waals surface area contributed by atoms with Gasteiger partial charge in [-0.2, -0.15) is 0 Å². The number of nitrogens with zero attached hydrogens (tertiary/aromatic N) is 1. The molecule has 0 saturated carbocycles. The van der Waals surface area contributed by atoms with Crippen molar-refractivity contribution >= 4 is 23.8 Å². The summed E-state index contributed by atoms with van der Waals surface area (Å²) in [5, 5.41) is 0. The van der Waals surface area contributed by atoms with E-state index in [0.29, 0.717) is 12.1 Å². The third-order valence-corrected chi connectivity index (χ3v) is 2.75. The molecule has 2 amide bonds. The van der Waals surface area contributed by atoms with Gasteiger partial charge in [0.2, 0.25) is 0 Å². The largest absolute Gasteiger partial charge is 0.291 e. The van der Waals surface area contributed by atoms with Gasteiger partial charge in [0.25, 0.3) is 11.8 Å². The number of carbonyl (C=O) groups excluding carboxylic acids is 3. The Kier molecular flexibility index (Phi) is 3.67. The minimum Gasteiger partial charge on any atom is -0.291 e. The molecule has 0 bridgehead atoms. The fraction of sp³-hybridized carbons (Fsp3) is 0.214. The van der Waals surface area contributed by atoms with E-state index in [9.17, 15) is 14.4 Å². The highest BCUT2D eigenvalue weighted by Crippen LogP contribution is 2.20. The van der Waals surface area contributed by atoms with E-state index in [1.807, 2.05) is 18.4 Å². The van der Waals surface area contributed by atoms with Crippen LogP contribution in [-0.2, 0) is 20.8 Å². The third-order valence-electron chi connectivity index (χ3n) is 2.75. The van der Waals surface area contributed by atoms with Crippen molar-refractivity contribution in [3.63, 3.8) is 0 Å². The van der Waals surface area contributed by atoms with E-state index in [4.69, 9.17) is 0 Å². The van der Waals surface area contributed by atoms with Crippen molar-refractivity contribution in [3.8, 4) is 0 Å². The maximum atomic E-state index is 11.5. The molecule has 1 aromatic rings. The number of aryl methyl sites for hydroxylation is 1. The van der Waals surface area contributed by atoms with Gasteiger partial charge in [-0.1, -0.05) is 12.1 Å². The molecule has 91 valence electrons. The molecule has 0 aromatic heterocycles. The van der Waals surface area contributed by atoms with Crippen LogP contribution in [0.15, 0.2) is 36.4 Å². The molecule has 0 N–H and O–H groups in total. The molecule has 1 aliphatic heterocycles. The summed E-state index contributed by atoms with van der Waals surface area (Å²) in [6.07, 6.45) is 6.34. The number of imide groups is 1. The molecule has 0 spiro atoms. The topological polar surface area (TPSA) is 54.5 Å². The van der Waals surface area contributed by atoms with Crippen molar-refractivity contribution in [1.29, 1.82) is 0 Å². The first-order chi connectivity index (χ1) is 8.72. The number of amides is 2. The van der Waals surface area contributed by atoms with E-state index in [1.54, 1.807) is 12.1 Å². The van der Waals surface area contributed by atoms with Crippen molar-refractivity contribution in [3.05, 3.63) is 42.0 Å². The van der Waals surface area contributed by atoms with Gasteiger partial charge < -0.3 is 0 Å². The zero-order valence-electron chi connectivity index (χ0n) is 9.76. The summed E-state index contributed by atoms with van der Waals surface area (Å²) in [7, 11) is 0. The number of hydrogen-bond donors (Lipinski definition) is 0. The fourth-order valence-corrected chi connectivity index (χ4v) is 1.83. The van der Waals surface area contributed by atoms with E-state index in [-0.39, 0.29) is 11.8 Å². The van der Waals surface area contributed by atoms with Gasteiger partial charge in [0, 0.05) is 18.6 Å². The number of anilines is 1. The number of rotatable bonds is 5. The molecule has 0 saturated heterocycles. The van der Waals surface area contributed by atoms with Crippen molar-refractivity contribution in [2.24, 2.45) is 0 Å². The molecule has 1 heterocycles. The molecule has 1 aromatic carbocycles.